The molecular weight excluding hydrogens is 360 g/mol. The molecule has 1 heterocycles. The number of likely N-dealkylation sites (N-methyl/N-ethyl adjacent to an activating group) is 1. The molecule has 26 heavy (non-hydrogen) atoms. The Hall–Kier alpha value is -1.54. The van der Waals surface area contributed by atoms with Crippen molar-refractivity contribution < 1.29 is 24.1 Å². The number of halogens is 1. The van der Waals surface area contributed by atoms with Crippen molar-refractivity contribution in [2.24, 2.45) is 0 Å². The molecule has 146 valence electrons. The summed E-state index contributed by atoms with van der Waals surface area (Å²) in [5.41, 5.74) is 1.04. The topological polar surface area (TPSA) is 71.5 Å². The van der Waals surface area contributed by atoms with Crippen LogP contribution in [0.5, 0.6) is 11.5 Å². The summed E-state index contributed by atoms with van der Waals surface area (Å²) in [6.07, 6.45) is -0.0202. The zero-order chi connectivity index (χ0) is 19.1. The summed E-state index contributed by atoms with van der Waals surface area (Å²) in [6.45, 7) is 5.88. The predicted octanol–water partition coefficient (Wildman–Crippen LogP) is 1.96. The Morgan fingerprint density at radius 1 is 1.50 bits per heavy atom. The predicted molar refractivity (Wildman–Crippen MR) is 99.3 cm³/mol. The fraction of sp³-hybridized carbons (Fsp3) is 0.611. The quantitative estimate of drug-likeness (QED) is 0.695. The van der Waals surface area contributed by atoms with E-state index in [4.69, 9.17) is 30.9 Å². The monoisotopic (exact) mass is 386 g/mol. The van der Waals surface area contributed by atoms with Gasteiger partial charge >= 0.3 is 5.97 Å². The van der Waals surface area contributed by atoms with Crippen molar-refractivity contribution in [2.75, 3.05) is 53.6 Å². The fourth-order valence-corrected chi connectivity index (χ4v) is 3.37. The first-order valence-electron chi connectivity index (χ1n) is 8.66. The van der Waals surface area contributed by atoms with Crippen molar-refractivity contribution in [3.8, 4) is 11.5 Å². The summed E-state index contributed by atoms with van der Waals surface area (Å²) in [7, 11) is 3.38. The van der Waals surface area contributed by atoms with Gasteiger partial charge in [0, 0.05) is 26.2 Å². The summed E-state index contributed by atoms with van der Waals surface area (Å²) in [5, 5.41) is 9.40. The van der Waals surface area contributed by atoms with Crippen molar-refractivity contribution in [3.05, 3.63) is 22.7 Å². The number of carboxylic acids is 1. The van der Waals surface area contributed by atoms with E-state index in [0.717, 1.165) is 18.7 Å². The lowest BCUT2D eigenvalue weighted by Crippen LogP contribution is -2.47. The Morgan fingerprint density at radius 2 is 2.27 bits per heavy atom. The zero-order valence-electron chi connectivity index (χ0n) is 15.5. The van der Waals surface area contributed by atoms with E-state index in [1.54, 1.807) is 19.1 Å². The minimum atomic E-state index is -0.837. The molecule has 1 saturated heterocycles. The molecule has 1 atom stereocenters. The normalized spacial score (nSPS) is 18.1. The van der Waals surface area contributed by atoms with Gasteiger partial charge in [0.1, 0.15) is 0 Å². The van der Waals surface area contributed by atoms with E-state index in [1.807, 2.05) is 19.1 Å². The van der Waals surface area contributed by atoms with Crippen LogP contribution in [-0.2, 0) is 16.1 Å². The van der Waals surface area contributed by atoms with E-state index in [-0.39, 0.29) is 12.6 Å². The van der Waals surface area contributed by atoms with Crippen LogP contribution < -0.4 is 9.47 Å². The lowest BCUT2D eigenvalue weighted by molar-refractivity contribution is -0.138. The third-order valence-electron chi connectivity index (χ3n) is 4.13. The fourth-order valence-electron chi connectivity index (χ4n) is 3.08. The molecule has 8 heteroatoms. The molecule has 1 N–H and O–H groups in total. The maximum atomic E-state index is 10.8. The third kappa shape index (κ3) is 6.02. The van der Waals surface area contributed by atoms with Crippen LogP contribution in [0.2, 0.25) is 5.02 Å². The van der Waals surface area contributed by atoms with Crippen LogP contribution >= 0.6 is 11.6 Å². The molecular formula is C18H27ClN2O5. The maximum Gasteiger partial charge on any atom is 0.317 e. The van der Waals surface area contributed by atoms with Gasteiger partial charge in [-0.05, 0) is 31.7 Å². The van der Waals surface area contributed by atoms with Crippen molar-refractivity contribution in [1.82, 2.24) is 9.80 Å². The van der Waals surface area contributed by atoms with Crippen LogP contribution in [0.15, 0.2) is 12.1 Å². The summed E-state index contributed by atoms with van der Waals surface area (Å²) in [6, 6.07) is 3.84. The second-order valence-electron chi connectivity index (χ2n) is 6.36. The first-order valence-corrected chi connectivity index (χ1v) is 9.04. The Labute approximate surface area is 159 Å². The van der Waals surface area contributed by atoms with E-state index in [0.29, 0.717) is 42.8 Å². The maximum absolute atomic E-state index is 10.8. The molecule has 2 rings (SSSR count). The van der Waals surface area contributed by atoms with E-state index < -0.39 is 5.97 Å². The van der Waals surface area contributed by atoms with E-state index in [1.165, 1.54) is 0 Å². The molecule has 0 bridgehead atoms. The van der Waals surface area contributed by atoms with Gasteiger partial charge in [-0.1, -0.05) is 11.6 Å². The summed E-state index contributed by atoms with van der Waals surface area (Å²) in [4.78, 5) is 14.8. The number of benzene rings is 1. The summed E-state index contributed by atoms with van der Waals surface area (Å²) >= 11 is 6.35. The molecule has 1 fully saturated rings. The number of nitrogens with zero attached hydrogens (tertiary/aromatic N) is 2. The van der Waals surface area contributed by atoms with Gasteiger partial charge < -0.3 is 19.3 Å². The molecule has 0 aliphatic carbocycles. The number of morpholine rings is 1. The van der Waals surface area contributed by atoms with Gasteiger partial charge in [0.25, 0.3) is 0 Å². The third-order valence-corrected chi connectivity index (χ3v) is 4.41. The molecule has 1 aliphatic rings. The number of hydrogen-bond acceptors (Lipinski definition) is 6. The smallest absolute Gasteiger partial charge is 0.317 e. The van der Waals surface area contributed by atoms with Crippen LogP contribution in [-0.4, -0.2) is 80.5 Å². The second-order valence-corrected chi connectivity index (χ2v) is 6.77. The number of ether oxygens (including phenoxy) is 3. The van der Waals surface area contributed by atoms with E-state index in [2.05, 4.69) is 4.90 Å². The second kappa shape index (κ2) is 9.97. The van der Waals surface area contributed by atoms with Crippen LogP contribution in [0.4, 0.5) is 0 Å². The van der Waals surface area contributed by atoms with Gasteiger partial charge in [0.2, 0.25) is 0 Å². The minimum absolute atomic E-state index is 0.00551. The van der Waals surface area contributed by atoms with Gasteiger partial charge in [-0.3, -0.25) is 14.6 Å². The average molecular weight is 387 g/mol. The highest BCUT2D eigenvalue weighted by Crippen LogP contribution is 2.36. The largest absolute Gasteiger partial charge is 0.493 e. The Bertz CT molecular complexity index is 613. The Morgan fingerprint density at radius 3 is 2.92 bits per heavy atom. The van der Waals surface area contributed by atoms with Crippen LogP contribution in [0.3, 0.4) is 0 Å². The molecule has 1 unspecified atom stereocenters. The number of hydrogen-bond donors (Lipinski definition) is 1. The van der Waals surface area contributed by atoms with E-state index in [9.17, 15) is 4.79 Å². The molecule has 0 aromatic heterocycles. The van der Waals surface area contributed by atoms with Crippen molar-refractivity contribution in [2.45, 2.75) is 19.6 Å². The highest BCUT2D eigenvalue weighted by atomic mass is 35.5. The lowest BCUT2D eigenvalue weighted by atomic mass is 10.1. The van der Waals surface area contributed by atoms with Crippen molar-refractivity contribution in [1.29, 1.82) is 0 Å². The molecule has 0 radical (unpaired) electrons. The Kier molecular flexibility index (Phi) is 7.96. The number of aliphatic carboxylic acids is 1. The average Bonchev–Trinajstić information content (AvgIpc) is 2.56. The van der Waals surface area contributed by atoms with Gasteiger partial charge in [-0.15, -0.1) is 0 Å². The standard InChI is InChI=1S/C18H27ClN2O5/c1-4-25-18-15(19)7-13(8-16(18)24-3)9-21-5-6-26-14(11-21)10-20(2)12-17(22)23/h7-8,14H,4-6,9-12H2,1-3H3,(H,22,23). The molecule has 1 aliphatic heterocycles. The summed E-state index contributed by atoms with van der Waals surface area (Å²) < 4.78 is 16.7. The first kappa shape index (κ1) is 20.8. The number of carboxylic acid groups (broad SMARTS) is 1. The lowest BCUT2D eigenvalue weighted by Gasteiger charge is -2.34. The van der Waals surface area contributed by atoms with Crippen molar-refractivity contribution in [3.63, 3.8) is 0 Å². The van der Waals surface area contributed by atoms with Gasteiger partial charge in [-0.2, -0.15) is 0 Å². The number of carbonyl (C=O) groups is 1. The Balaban J connectivity index is 1.99. The highest BCUT2D eigenvalue weighted by Gasteiger charge is 2.23. The molecule has 1 aromatic rings. The molecule has 0 amide bonds. The molecule has 0 saturated carbocycles. The first-order chi connectivity index (χ1) is 12.4. The molecule has 0 spiro atoms. The zero-order valence-corrected chi connectivity index (χ0v) is 16.3. The minimum Gasteiger partial charge on any atom is -0.493 e. The number of methoxy groups -OCH3 is 1. The van der Waals surface area contributed by atoms with Crippen LogP contribution in [0.1, 0.15) is 12.5 Å². The van der Waals surface area contributed by atoms with Gasteiger partial charge in [-0.25, -0.2) is 0 Å². The molecule has 1 aromatic carbocycles. The van der Waals surface area contributed by atoms with Gasteiger partial charge in [0.15, 0.2) is 11.5 Å². The SMILES string of the molecule is CCOc1c(Cl)cc(CN2CCOC(CN(C)CC(=O)O)C2)cc1OC. The van der Waals surface area contributed by atoms with Crippen molar-refractivity contribution >= 4 is 17.6 Å². The van der Waals surface area contributed by atoms with Gasteiger partial charge in [0.05, 0.1) is 38.0 Å². The molecule has 7 nitrogen and oxygen atoms in total. The van der Waals surface area contributed by atoms with Crippen LogP contribution in [0.25, 0.3) is 0 Å². The van der Waals surface area contributed by atoms with Crippen LogP contribution in [0, 0.1) is 0 Å². The number of rotatable bonds is 9. The highest BCUT2D eigenvalue weighted by molar-refractivity contribution is 6.32. The van der Waals surface area contributed by atoms with E-state index >= 15 is 0 Å². The summed E-state index contributed by atoms with van der Waals surface area (Å²) in [5.74, 6) is 0.354.